The molecule has 0 saturated heterocycles. The number of esters is 1. The lowest BCUT2D eigenvalue weighted by atomic mass is 9.95. The fraction of sp³-hybridized carbons (Fsp3) is 0.333. The first-order valence-electron chi connectivity index (χ1n) is 6.11. The van der Waals surface area contributed by atoms with Crippen molar-refractivity contribution in [2.75, 3.05) is 12.4 Å². The minimum Gasteiger partial charge on any atom is -0.466 e. The number of carbonyl (C=O) groups is 2. The predicted octanol–water partition coefficient (Wildman–Crippen LogP) is 3.51. The minimum absolute atomic E-state index is 0.132. The van der Waals surface area contributed by atoms with Crippen molar-refractivity contribution in [2.45, 2.75) is 20.8 Å². The van der Waals surface area contributed by atoms with Crippen LogP contribution in [0.15, 0.2) is 24.3 Å². The average molecular weight is 296 g/mol. The molecule has 1 rings (SSSR count). The van der Waals surface area contributed by atoms with Crippen LogP contribution in [0.4, 0.5) is 5.69 Å². The zero-order chi connectivity index (χ0) is 15.3. The molecule has 0 aliphatic carbocycles. The first-order chi connectivity index (χ1) is 9.24. The van der Waals surface area contributed by atoms with Crippen molar-refractivity contribution in [3.8, 4) is 0 Å². The molecule has 0 unspecified atom stereocenters. The Morgan fingerprint density at radius 2 is 1.95 bits per heavy atom. The first-order valence-corrected chi connectivity index (χ1v) is 6.49. The molecule has 4 nitrogen and oxygen atoms in total. The number of rotatable bonds is 3. The second kappa shape index (κ2) is 6.57. The van der Waals surface area contributed by atoms with Crippen molar-refractivity contribution in [3.05, 3.63) is 34.9 Å². The van der Waals surface area contributed by atoms with Crippen LogP contribution >= 0.6 is 11.6 Å². The molecule has 1 N–H and O–H groups in total. The highest BCUT2D eigenvalue weighted by atomic mass is 35.5. The molecule has 0 fully saturated rings. The number of anilines is 1. The van der Waals surface area contributed by atoms with E-state index >= 15 is 0 Å². The third-order valence-corrected chi connectivity index (χ3v) is 2.78. The second-order valence-electron chi connectivity index (χ2n) is 5.29. The number of nitrogens with one attached hydrogen (secondary N) is 1. The molecular weight excluding hydrogens is 278 g/mol. The Hall–Kier alpha value is -1.81. The number of hydrogen-bond acceptors (Lipinski definition) is 3. The number of amides is 1. The fourth-order valence-corrected chi connectivity index (χ4v) is 1.49. The Kier molecular flexibility index (Phi) is 5.34. The normalized spacial score (nSPS) is 11.4. The van der Waals surface area contributed by atoms with Gasteiger partial charge in [0.05, 0.1) is 7.11 Å². The molecular formula is C15H18ClNO3. The van der Waals surface area contributed by atoms with Crippen molar-refractivity contribution in [1.82, 2.24) is 0 Å². The molecule has 5 heteroatoms. The highest BCUT2D eigenvalue weighted by molar-refractivity contribution is 6.31. The summed E-state index contributed by atoms with van der Waals surface area (Å²) in [6, 6.07) is 5.05. The highest BCUT2D eigenvalue weighted by Gasteiger charge is 2.21. The zero-order valence-corrected chi connectivity index (χ0v) is 12.7. The Morgan fingerprint density at radius 3 is 2.50 bits per heavy atom. The maximum Gasteiger partial charge on any atom is 0.330 e. The third-order valence-electron chi connectivity index (χ3n) is 2.54. The van der Waals surface area contributed by atoms with E-state index in [-0.39, 0.29) is 5.91 Å². The van der Waals surface area contributed by atoms with Gasteiger partial charge in [-0.2, -0.15) is 0 Å². The van der Waals surface area contributed by atoms with E-state index in [4.69, 9.17) is 11.6 Å². The number of ether oxygens (including phenoxy) is 1. The van der Waals surface area contributed by atoms with E-state index in [9.17, 15) is 9.59 Å². The van der Waals surface area contributed by atoms with Crippen LogP contribution < -0.4 is 5.32 Å². The molecule has 0 aliphatic rings. The van der Waals surface area contributed by atoms with Gasteiger partial charge in [-0.25, -0.2) is 4.79 Å². The van der Waals surface area contributed by atoms with Gasteiger partial charge in [0.25, 0.3) is 0 Å². The molecule has 1 amide bonds. The summed E-state index contributed by atoms with van der Waals surface area (Å²) in [6.45, 7) is 5.45. The van der Waals surface area contributed by atoms with Gasteiger partial charge >= 0.3 is 5.97 Å². The van der Waals surface area contributed by atoms with Gasteiger partial charge in [-0.05, 0) is 23.8 Å². The van der Waals surface area contributed by atoms with Gasteiger partial charge in [0.1, 0.15) is 0 Å². The summed E-state index contributed by atoms with van der Waals surface area (Å²) in [5.74, 6) is -0.597. The summed E-state index contributed by atoms with van der Waals surface area (Å²) in [6.07, 6.45) is 2.86. The molecule has 0 aromatic heterocycles. The summed E-state index contributed by atoms with van der Waals surface area (Å²) in [4.78, 5) is 23.1. The quantitative estimate of drug-likeness (QED) is 0.686. The largest absolute Gasteiger partial charge is 0.466 e. The molecule has 0 heterocycles. The monoisotopic (exact) mass is 295 g/mol. The molecule has 1 aromatic carbocycles. The summed E-state index contributed by atoms with van der Waals surface area (Å²) in [5, 5.41) is 3.31. The molecule has 0 atom stereocenters. The van der Waals surface area contributed by atoms with E-state index in [0.717, 1.165) is 0 Å². The second-order valence-corrected chi connectivity index (χ2v) is 5.73. The molecule has 0 saturated carbocycles. The first kappa shape index (κ1) is 16.2. The summed E-state index contributed by atoms with van der Waals surface area (Å²) < 4.78 is 4.53. The van der Waals surface area contributed by atoms with Gasteiger partial charge in [0, 0.05) is 22.2 Å². The van der Waals surface area contributed by atoms with Gasteiger partial charge < -0.3 is 10.1 Å². The summed E-state index contributed by atoms with van der Waals surface area (Å²) in [7, 11) is 1.30. The van der Waals surface area contributed by atoms with Crippen LogP contribution in [-0.2, 0) is 14.3 Å². The van der Waals surface area contributed by atoms with E-state index < -0.39 is 11.4 Å². The molecule has 108 valence electrons. The summed E-state index contributed by atoms with van der Waals surface area (Å²) >= 11 is 5.94. The van der Waals surface area contributed by atoms with Crippen molar-refractivity contribution in [1.29, 1.82) is 0 Å². The van der Waals surface area contributed by atoms with Crippen molar-refractivity contribution < 1.29 is 14.3 Å². The smallest absolute Gasteiger partial charge is 0.330 e. The lowest BCUT2D eigenvalue weighted by Crippen LogP contribution is -2.27. The van der Waals surface area contributed by atoms with E-state index in [1.54, 1.807) is 24.3 Å². The number of methoxy groups -OCH3 is 1. The SMILES string of the molecule is COC(=O)/C=C/c1ccc(Cl)cc1NC(=O)C(C)(C)C. The Balaban J connectivity index is 3.05. The van der Waals surface area contributed by atoms with Crippen LogP contribution in [0.3, 0.4) is 0 Å². The topological polar surface area (TPSA) is 55.4 Å². The Morgan fingerprint density at radius 1 is 1.30 bits per heavy atom. The van der Waals surface area contributed by atoms with Crippen LogP contribution in [0, 0.1) is 5.41 Å². The number of hydrogen-bond donors (Lipinski definition) is 1. The maximum atomic E-state index is 12.0. The van der Waals surface area contributed by atoms with Crippen LogP contribution in [0.25, 0.3) is 6.08 Å². The molecule has 0 aliphatic heterocycles. The third kappa shape index (κ3) is 4.70. The predicted molar refractivity (Wildman–Crippen MR) is 80.6 cm³/mol. The van der Waals surface area contributed by atoms with Gasteiger partial charge in [-0.15, -0.1) is 0 Å². The minimum atomic E-state index is -0.522. The molecule has 0 radical (unpaired) electrons. The van der Waals surface area contributed by atoms with Crippen molar-refractivity contribution in [3.63, 3.8) is 0 Å². The summed E-state index contributed by atoms with van der Waals surface area (Å²) in [5.41, 5.74) is 0.709. The van der Waals surface area contributed by atoms with Crippen LogP contribution in [-0.4, -0.2) is 19.0 Å². The van der Waals surface area contributed by atoms with Crippen molar-refractivity contribution >= 4 is 35.2 Å². The van der Waals surface area contributed by atoms with Crippen LogP contribution in [0.2, 0.25) is 5.02 Å². The lowest BCUT2D eigenvalue weighted by molar-refractivity contribution is -0.134. The van der Waals surface area contributed by atoms with Crippen molar-refractivity contribution in [2.24, 2.45) is 5.41 Å². The fourth-order valence-electron chi connectivity index (χ4n) is 1.32. The van der Waals surface area contributed by atoms with Gasteiger partial charge in [0.2, 0.25) is 5.91 Å². The maximum absolute atomic E-state index is 12.0. The Labute approximate surface area is 123 Å². The number of halogens is 1. The van der Waals surface area contributed by atoms with Crippen LogP contribution in [0.5, 0.6) is 0 Å². The van der Waals surface area contributed by atoms with E-state index in [0.29, 0.717) is 16.3 Å². The van der Waals surface area contributed by atoms with Gasteiger partial charge in [-0.3, -0.25) is 4.79 Å². The molecule has 0 bridgehead atoms. The number of benzene rings is 1. The molecule has 0 spiro atoms. The highest BCUT2D eigenvalue weighted by Crippen LogP contribution is 2.25. The van der Waals surface area contributed by atoms with E-state index in [2.05, 4.69) is 10.1 Å². The molecule has 20 heavy (non-hydrogen) atoms. The van der Waals surface area contributed by atoms with E-state index in [1.807, 2.05) is 20.8 Å². The lowest BCUT2D eigenvalue weighted by Gasteiger charge is -2.19. The van der Waals surface area contributed by atoms with Crippen LogP contribution in [0.1, 0.15) is 26.3 Å². The van der Waals surface area contributed by atoms with E-state index in [1.165, 1.54) is 13.2 Å². The standard InChI is InChI=1S/C15H18ClNO3/c1-15(2,3)14(19)17-12-9-11(16)7-5-10(12)6-8-13(18)20-4/h5-9H,1-4H3,(H,17,19)/b8-6+. The zero-order valence-electron chi connectivity index (χ0n) is 12.0. The number of carbonyl (C=O) groups excluding carboxylic acids is 2. The molecule has 1 aromatic rings. The van der Waals surface area contributed by atoms with Gasteiger partial charge in [0.15, 0.2) is 0 Å². The van der Waals surface area contributed by atoms with Gasteiger partial charge in [-0.1, -0.05) is 38.4 Å². The Bertz CT molecular complexity index is 545. The average Bonchev–Trinajstić information content (AvgIpc) is 2.36.